The minimum atomic E-state index is -0.0577. The molecule has 0 fully saturated rings. The van der Waals surface area contributed by atoms with E-state index in [0.717, 1.165) is 29.5 Å². The minimum absolute atomic E-state index is 0.0291. The summed E-state index contributed by atoms with van der Waals surface area (Å²) in [6.45, 7) is 1.22. The van der Waals surface area contributed by atoms with E-state index in [-0.39, 0.29) is 11.9 Å². The van der Waals surface area contributed by atoms with Gasteiger partial charge in [-0.1, -0.05) is 15.9 Å². The number of benzene rings is 1. The van der Waals surface area contributed by atoms with Crippen LogP contribution in [-0.4, -0.2) is 37.6 Å². The first-order chi connectivity index (χ1) is 9.24. The third kappa shape index (κ3) is 3.70. The summed E-state index contributed by atoms with van der Waals surface area (Å²) in [6, 6.07) is 5.61. The van der Waals surface area contributed by atoms with Gasteiger partial charge in [0.2, 0.25) is 0 Å². The highest BCUT2D eigenvalue weighted by atomic mass is 79.9. The maximum atomic E-state index is 12.2. The first kappa shape index (κ1) is 14.3. The van der Waals surface area contributed by atoms with Gasteiger partial charge >= 0.3 is 0 Å². The predicted molar refractivity (Wildman–Crippen MR) is 77.2 cm³/mol. The van der Waals surface area contributed by atoms with Gasteiger partial charge in [0.25, 0.3) is 5.91 Å². The molecule has 0 saturated carbocycles. The number of hydrogen-bond acceptors (Lipinski definition) is 3. The summed E-state index contributed by atoms with van der Waals surface area (Å²) in [5.74, 6) is 0.836. The Morgan fingerprint density at radius 1 is 1.58 bits per heavy atom. The van der Waals surface area contributed by atoms with Crippen LogP contribution in [0.3, 0.4) is 0 Å². The van der Waals surface area contributed by atoms with E-state index in [1.807, 2.05) is 12.1 Å². The van der Waals surface area contributed by atoms with Crippen molar-refractivity contribution in [3.63, 3.8) is 0 Å². The first-order valence-electron chi connectivity index (χ1n) is 6.36. The van der Waals surface area contributed by atoms with Gasteiger partial charge in [0.1, 0.15) is 5.75 Å². The van der Waals surface area contributed by atoms with E-state index < -0.39 is 0 Å². The average Bonchev–Trinajstić information content (AvgIpc) is 2.86. The Bertz CT molecular complexity index is 444. The van der Waals surface area contributed by atoms with Crippen LogP contribution in [0.15, 0.2) is 18.2 Å². The smallest absolute Gasteiger partial charge is 0.251 e. The molecular weight excluding hydrogens is 310 g/mol. The fourth-order valence-electron chi connectivity index (χ4n) is 2.13. The van der Waals surface area contributed by atoms with Crippen LogP contribution in [0.2, 0.25) is 0 Å². The number of alkyl halides is 1. The van der Waals surface area contributed by atoms with Crippen molar-refractivity contribution in [1.82, 2.24) is 5.32 Å². The molecule has 1 atom stereocenters. The SMILES string of the molecule is COCC(CCBr)NC(=O)c1ccc2c(c1)CCO2. The molecule has 2 rings (SSSR count). The number of rotatable bonds is 6. The lowest BCUT2D eigenvalue weighted by molar-refractivity contribution is 0.0895. The fraction of sp³-hybridized carbons (Fsp3) is 0.500. The molecule has 1 N–H and O–H groups in total. The number of hydrogen-bond donors (Lipinski definition) is 1. The van der Waals surface area contributed by atoms with E-state index in [1.165, 1.54) is 0 Å². The van der Waals surface area contributed by atoms with Gasteiger partial charge in [0.05, 0.1) is 19.3 Å². The molecule has 104 valence electrons. The summed E-state index contributed by atoms with van der Waals surface area (Å²) >= 11 is 3.38. The van der Waals surface area contributed by atoms with Crippen LogP contribution >= 0.6 is 15.9 Å². The van der Waals surface area contributed by atoms with Crippen molar-refractivity contribution in [3.05, 3.63) is 29.3 Å². The fourth-order valence-corrected chi connectivity index (χ4v) is 2.68. The molecule has 0 aliphatic carbocycles. The lowest BCUT2D eigenvalue weighted by Crippen LogP contribution is -2.38. The van der Waals surface area contributed by atoms with Gasteiger partial charge in [-0.2, -0.15) is 0 Å². The summed E-state index contributed by atoms with van der Waals surface area (Å²) in [5.41, 5.74) is 1.79. The van der Waals surface area contributed by atoms with E-state index in [2.05, 4.69) is 21.2 Å². The highest BCUT2D eigenvalue weighted by molar-refractivity contribution is 9.09. The quantitative estimate of drug-likeness (QED) is 0.814. The Kier molecular flexibility index (Phi) is 5.22. The lowest BCUT2D eigenvalue weighted by Gasteiger charge is -2.17. The highest BCUT2D eigenvalue weighted by Gasteiger charge is 2.17. The number of methoxy groups -OCH3 is 1. The number of fused-ring (bicyclic) bond motifs is 1. The van der Waals surface area contributed by atoms with Crippen LogP contribution in [0.25, 0.3) is 0 Å². The Hall–Kier alpha value is -1.07. The second-order valence-electron chi connectivity index (χ2n) is 4.52. The molecule has 0 aromatic heterocycles. The monoisotopic (exact) mass is 327 g/mol. The van der Waals surface area contributed by atoms with Crippen LogP contribution in [-0.2, 0) is 11.2 Å². The molecule has 1 heterocycles. The Labute approximate surface area is 121 Å². The number of nitrogens with one attached hydrogen (secondary N) is 1. The maximum absolute atomic E-state index is 12.2. The van der Waals surface area contributed by atoms with Crippen molar-refractivity contribution < 1.29 is 14.3 Å². The molecule has 1 aliphatic rings. The first-order valence-corrected chi connectivity index (χ1v) is 7.48. The van der Waals surface area contributed by atoms with Crippen molar-refractivity contribution in [1.29, 1.82) is 0 Å². The van der Waals surface area contributed by atoms with Crippen molar-refractivity contribution in [2.45, 2.75) is 18.9 Å². The third-order valence-corrected chi connectivity index (χ3v) is 3.57. The molecular formula is C14H18BrNO3. The molecule has 1 amide bonds. The van der Waals surface area contributed by atoms with Gasteiger partial charge in [-0.3, -0.25) is 4.79 Å². The van der Waals surface area contributed by atoms with Crippen molar-refractivity contribution in [3.8, 4) is 5.75 Å². The van der Waals surface area contributed by atoms with Crippen molar-refractivity contribution in [2.24, 2.45) is 0 Å². The van der Waals surface area contributed by atoms with Gasteiger partial charge in [-0.15, -0.1) is 0 Å². The average molecular weight is 328 g/mol. The lowest BCUT2D eigenvalue weighted by atomic mass is 10.1. The zero-order chi connectivity index (χ0) is 13.7. The van der Waals surface area contributed by atoms with Crippen LogP contribution in [0.4, 0.5) is 0 Å². The molecule has 1 aromatic carbocycles. The molecule has 1 unspecified atom stereocenters. The normalized spacial score (nSPS) is 14.6. The molecule has 4 nitrogen and oxygen atoms in total. The van der Waals surface area contributed by atoms with Gasteiger partial charge < -0.3 is 14.8 Å². The van der Waals surface area contributed by atoms with Crippen LogP contribution in [0.1, 0.15) is 22.3 Å². The predicted octanol–water partition coefficient (Wildman–Crippen LogP) is 2.15. The molecule has 1 aliphatic heterocycles. The Balaban J connectivity index is 2.02. The Morgan fingerprint density at radius 3 is 3.16 bits per heavy atom. The standard InChI is InChI=1S/C14H18BrNO3/c1-18-9-12(4-6-15)16-14(17)11-2-3-13-10(8-11)5-7-19-13/h2-3,8,12H,4-7,9H2,1H3,(H,16,17). The molecule has 0 radical (unpaired) electrons. The highest BCUT2D eigenvalue weighted by Crippen LogP contribution is 2.25. The zero-order valence-electron chi connectivity index (χ0n) is 10.9. The van der Waals surface area contributed by atoms with Gasteiger partial charge in [0.15, 0.2) is 0 Å². The number of amides is 1. The van der Waals surface area contributed by atoms with E-state index in [4.69, 9.17) is 9.47 Å². The number of ether oxygens (including phenoxy) is 2. The number of carbonyl (C=O) groups is 1. The second kappa shape index (κ2) is 6.91. The van der Waals surface area contributed by atoms with Gasteiger partial charge in [-0.25, -0.2) is 0 Å². The van der Waals surface area contributed by atoms with E-state index in [1.54, 1.807) is 13.2 Å². The zero-order valence-corrected chi connectivity index (χ0v) is 12.5. The maximum Gasteiger partial charge on any atom is 0.251 e. The van der Waals surface area contributed by atoms with Crippen LogP contribution in [0.5, 0.6) is 5.75 Å². The third-order valence-electron chi connectivity index (χ3n) is 3.11. The second-order valence-corrected chi connectivity index (χ2v) is 5.32. The Morgan fingerprint density at radius 2 is 2.42 bits per heavy atom. The van der Waals surface area contributed by atoms with Crippen LogP contribution in [0, 0.1) is 0 Å². The molecule has 0 saturated heterocycles. The molecule has 1 aromatic rings. The summed E-state index contributed by atoms with van der Waals surface area (Å²) in [6.07, 6.45) is 1.72. The van der Waals surface area contributed by atoms with Gasteiger partial charge in [-0.05, 0) is 30.2 Å². The van der Waals surface area contributed by atoms with Crippen molar-refractivity contribution >= 4 is 21.8 Å². The van der Waals surface area contributed by atoms with Crippen molar-refractivity contribution in [2.75, 3.05) is 25.7 Å². The summed E-state index contributed by atoms with van der Waals surface area (Å²) in [4.78, 5) is 12.2. The largest absolute Gasteiger partial charge is 0.493 e. The van der Waals surface area contributed by atoms with E-state index in [9.17, 15) is 4.79 Å². The summed E-state index contributed by atoms with van der Waals surface area (Å²) in [7, 11) is 1.64. The van der Waals surface area contributed by atoms with E-state index in [0.29, 0.717) is 18.8 Å². The summed E-state index contributed by atoms with van der Waals surface area (Å²) in [5, 5.41) is 3.82. The van der Waals surface area contributed by atoms with Crippen LogP contribution < -0.4 is 10.1 Å². The summed E-state index contributed by atoms with van der Waals surface area (Å²) < 4.78 is 10.5. The molecule has 0 bridgehead atoms. The minimum Gasteiger partial charge on any atom is -0.493 e. The topological polar surface area (TPSA) is 47.6 Å². The molecule has 5 heteroatoms. The number of carbonyl (C=O) groups excluding carboxylic acids is 1. The van der Waals surface area contributed by atoms with E-state index >= 15 is 0 Å². The molecule has 0 spiro atoms. The molecule has 19 heavy (non-hydrogen) atoms. The van der Waals surface area contributed by atoms with Gasteiger partial charge in [0, 0.05) is 24.4 Å². The number of halogens is 1.